The number of nitrogens with one attached hydrogen (secondary N) is 1. The molecule has 0 aliphatic carbocycles. The SMILES string of the molecule is CCCc1cc(NC(=O)CC)on1. The van der Waals surface area contributed by atoms with Crippen LogP contribution in [0, 0.1) is 0 Å². The Morgan fingerprint density at radius 2 is 2.38 bits per heavy atom. The molecule has 0 fully saturated rings. The van der Waals surface area contributed by atoms with E-state index in [1.165, 1.54) is 0 Å². The van der Waals surface area contributed by atoms with Gasteiger partial charge in [0.05, 0.1) is 5.69 Å². The third-order valence-corrected chi connectivity index (χ3v) is 1.65. The molecule has 0 saturated heterocycles. The summed E-state index contributed by atoms with van der Waals surface area (Å²) in [6.07, 6.45) is 2.35. The van der Waals surface area contributed by atoms with E-state index in [1.54, 1.807) is 13.0 Å². The topological polar surface area (TPSA) is 55.1 Å². The van der Waals surface area contributed by atoms with Crippen LogP contribution in [0.4, 0.5) is 5.88 Å². The minimum atomic E-state index is -0.0563. The van der Waals surface area contributed by atoms with E-state index >= 15 is 0 Å². The lowest BCUT2D eigenvalue weighted by atomic mass is 10.2. The third kappa shape index (κ3) is 2.89. The molecule has 1 N–H and O–H groups in total. The van der Waals surface area contributed by atoms with Crippen LogP contribution in [-0.4, -0.2) is 11.1 Å². The number of hydrogen-bond acceptors (Lipinski definition) is 3. The summed E-state index contributed by atoms with van der Waals surface area (Å²) in [5.74, 6) is 0.384. The molecule has 4 heteroatoms. The fourth-order valence-corrected chi connectivity index (χ4v) is 0.970. The van der Waals surface area contributed by atoms with Crippen LogP contribution in [0.25, 0.3) is 0 Å². The summed E-state index contributed by atoms with van der Waals surface area (Å²) in [4.78, 5) is 10.9. The number of aryl methyl sites for hydroxylation is 1. The smallest absolute Gasteiger partial charge is 0.231 e. The minimum absolute atomic E-state index is 0.0563. The minimum Gasteiger partial charge on any atom is -0.338 e. The number of aromatic nitrogens is 1. The Labute approximate surface area is 77.3 Å². The van der Waals surface area contributed by atoms with E-state index in [-0.39, 0.29) is 5.91 Å². The molecular formula is C9H14N2O2. The van der Waals surface area contributed by atoms with E-state index in [0.29, 0.717) is 12.3 Å². The first kappa shape index (κ1) is 9.77. The number of nitrogens with zero attached hydrogens (tertiary/aromatic N) is 1. The average molecular weight is 182 g/mol. The fourth-order valence-electron chi connectivity index (χ4n) is 0.970. The first-order valence-corrected chi connectivity index (χ1v) is 4.51. The van der Waals surface area contributed by atoms with E-state index in [9.17, 15) is 4.79 Å². The summed E-state index contributed by atoms with van der Waals surface area (Å²) < 4.78 is 4.91. The van der Waals surface area contributed by atoms with Crippen molar-refractivity contribution in [1.29, 1.82) is 0 Å². The maximum atomic E-state index is 10.9. The van der Waals surface area contributed by atoms with Crippen LogP contribution < -0.4 is 5.32 Å². The maximum Gasteiger partial charge on any atom is 0.231 e. The predicted molar refractivity (Wildman–Crippen MR) is 49.4 cm³/mol. The summed E-state index contributed by atoms with van der Waals surface area (Å²) in [6.45, 7) is 3.86. The van der Waals surface area contributed by atoms with Crippen LogP contribution in [0.1, 0.15) is 32.4 Å². The highest BCUT2D eigenvalue weighted by atomic mass is 16.5. The summed E-state index contributed by atoms with van der Waals surface area (Å²) in [5, 5.41) is 6.41. The molecule has 0 saturated carbocycles. The first-order chi connectivity index (χ1) is 6.26. The lowest BCUT2D eigenvalue weighted by Crippen LogP contribution is -2.08. The molecule has 0 bridgehead atoms. The molecule has 72 valence electrons. The molecule has 0 aromatic carbocycles. The highest BCUT2D eigenvalue weighted by Crippen LogP contribution is 2.10. The van der Waals surface area contributed by atoms with Crippen molar-refractivity contribution in [3.8, 4) is 0 Å². The van der Waals surface area contributed by atoms with E-state index in [4.69, 9.17) is 4.52 Å². The van der Waals surface area contributed by atoms with Gasteiger partial charge in [-0.1, -0.05) is 25.4 Å². The molecule has 4 nitrogen and oxygen atoms in total. The third-order valence-electron chi connectivity index (χ3n) is 1.65. The number of carbonyl (C=O) groups excluding carboxylic acids is 1. The second kappa shape index (κ2) is 4.64. The average Bonchev–Trinajstić information content (AvgIpc) is 2.53. The standard InChI is InChI=1S/C9H14N2O2/c1-3-5-7-6-9(13-11-7)10-8(12)4-2/h6H,3-5H2,1-2H3,(H,10,12). The van der Waals surface area contributed by atoms with Crippen LogP contribution in [-0.2, 0) is 11.2 Å². The lowest BCUT2D eigenvalue weighted by Gasteiger charge is -1.94. The normalized spacial score (nSPS) is 10.0. The molecule has 1 aromatic rings. The van der Waals surface area contributed by atoms with Crippen LogP contribution in [0.5, 0.6) is 0 Å². The van der Waals surface area contributed by atoms with Crippen molar-refractivity contribution in [2.45, 2.75) is 33.1 Å². The molecule has 13 heavy (non-hydrogen) atoms. The number of hydrogen-bond donors (Lipinski definition) is 1. The Morgan fingerprint density at radius 1 is 1.62 bits per heavy atom. The fraction of sp³-hybridized carbons (Fsp3) is 0.556. The highest BCUT2D eigenvalue weighted by Gasteiger charge is 2.05. The molecule has 1 amide bonds. The van der Waals surface area contributed by atoms with Crippen molar-refractivity contribution < 1.29 is 9.32 Å². The Kier molecular flexibility index (Phi) is 3.49. The molecule has 1 heterocycles. The van der Waals surface area contributed by atoms with Gasteiger partial charge in [0.15, 0.2) is 0 Å². The lowest BCUT2D eigenvalue weighted by molar-refractivity contribution is -0.116. The first-order valence-electron chi connectivity index (χ1n) is 4.51. The van der Waals surface area contributed by atoms with Gasteiger partial charge in [0.2, 0.25) is 11.8 Å². The highest BCUT2D eigenvalue weighted by molar-refractivity contribution is 5.88. The van der Waals surface area contributed by atoms with Gasteiger partial charge in [0, 0.05) is 12.5 Å². The molecule has 1 rings (SSSR count). The number of carbonyl (C=O) groups is 1. The van der Waals surface area contributed by atoms with Gasteiger partial charge in [-0.05, 0) is 6.42 Å². The Morgan fingerprint density at radius 3 is 3.00 bits per heavy atom. The van der Waals surface area contributed by atoms with Gasteiger partial charge >= 0.3 is 0 Å². The van der Waals surface area contributed by atoms with Gasteiger partial charge in [0.1, 0.15) is 0 Å². The van der Waals surface area contributed by atoms with Crippen molar-refractivity contribution in [2.24, 2.45) is 0 Å². The van der Waals surface area contributed by atoms with Crippen LogP contribution in [0.2, 0.25) is 0 Å². The van der Waals surface area contributed by atoms with E-state index in [2.05, 4.69) is 17.4 Å². The zero-order valence-electron chi connectivity index (χ0n) is 7.96. The molecule has 0 unspecified atom stereocenters. The van der Waals surface area contributed by atoms with Crippen molar-refractivity contribution in [2.75, 3.05) is 5.32 Å². The van der Waals surface area contributed by atoms with Crippen LogP contribution in [0.3, 0.4) is 0 Å². The van der Waals surface area contributed by atoms with E-state index < -0.39 is 0 Å². The summed E-state index contributed by atoms with van der Waals surface area (Å²) in [5.41, 5.74) is 0.883. The van der Waals surface area contributed by atoms with Gasteiger partial charge in [0.25, 0.3) is 0 Å². The van der Waals surface area contributed by atoms with E-state index in [0.717, 1.165) is 18.5 Å². The number of amides is 1. The van der Waals surface area contributed by atoms with Crippen molar-refractivity contribution in [1.82, 2.24) is 5.16 Å². The quantitative estimate of drug-likeness (QED) is 0.774. The molecule has 0 aliphatic heterocycles. The zero-order chi connectivity index (χ0) is 9.68. The van der Waals surface area contributed by atoms with Gasteiger partial charge in [-0.15, -0.1) is 0 Å². The number of anilines is 1. The predicted octanol–water partition coefficient (Wildman–Crippen LogP) is 1.98. The monoisotopic (exact) mass is 182 g/mol. The van der Waals surface area contributed by atoms with Gasteiger partial charge in [-0.3, -0.25) is 10.1 Å². The molecule has 0 radical (unpaired) electrons. The van der Waals surface area contributed by atoms with Gasteiger partial charge in [-0.2, -0.15) is 0 Å². The summed E-state index contributed by atoms with van der Waals surface area (Å²) >= 11 is 0. The Hall–Kier alpha value is -1.32. The summed E-state index contributed by atoms with van der Waals surface area (Å²) in [6, 6.07) is 1.76. The van der Waals surface area contributed by atoms with Crippen molar-refractivity contribution in [3.63, 3.8) is 0 Å². The zero-order valence-corrected chi connectivity index (χ0v) is 7.96. The van der Waals surface area contributed by atoms with Crippen LogP contribution in [0.15, 0.2) is 10.6 Å². The maximum absolute atomic E-state index is 10.9. The largest absolute Gasteiger partial charge is 0.338 e. The molecule has 0 aliphatic rings. The molecule has 0 atom stereocenters. The molecule has 0 spiro atoms. The van der Waals surface area contributed by atoms with Gasteiger partial charge < -0.3 is 4.52 Å². The second-order valence-electron chi connectivity index (χ2n) is 2.83. The molecule has 1 aromatic heterocycles. The summed E-state index contributed by atoms with van der Waals surface area (Å²) in [7, 11) is 0. The second-order valence-corrected chi connectivity index (χ2v) is 2.83. The van der Waals surface area contributed by atoms with Gasteiger partial charge in [-0.25, -0.2) is 0 Å². The van der Waals surface area contributed by atoms with E-state index in [1.807, 2.05) is 0 Å². The molecular weight excluding hydrogens is 168 g/mol. The Bertz CT molecular complexity index is 281. The van der Waals surface area contributed by atoms with Crippen LogP contribution >= 0.6 is 0 Å². The van der Waals surface area contributed by atoms with Crippen molar-refractivity contribution in [3.05, 3.63) is 11.8 Å². The number of rotatable bonds is 4. The van der Waals surface area contributed by atoms with Crippen molar-refractivity contribution >= 4 is 11.8 Å². The Balaban J connectivity index is 2.53.